The topological polar surface area (TPSA) is 29.1 Å². The summed E-state index contributed by atoms with van der Waals surface area (Å²) in [6.07, 6.45) is 0. The van der Waals surface area contributed by atoms with E-state index in [2.05, 4.69) is 6.92 Å². The molecule has 0 aliphatic carbocycles. The predicted octanol–water partition coefficient (Wildman–Crippen LogP) is 1.81. The summed E-state index contributed by atoms with van der Waals surface area (Å²) >= 11 is 0. The van der Waals surface area contributed by atoms with Gasteiger partial charge in [0.2, 0.25) is 0 Å². The molecule has 0 amide bonds. The lowest BCUT2D eigenvalue weighted by Crippen LogP contribution is -1.89. The third-order valence-corrected chi connectivity index (χ3v) is 1.52. The molecule has 2 heteroatoms. The summed E-state index contributed by atoms with van der Waals surface area (Å²) in [4.78, 5) is 0. The van der Waals surface area contributed by atoms with E-state index < -0.39 is 0 Å². The van der Waals surface area contributed by atoms with Gasteiger partial charge in [-0.2, -0.15) is 0 Å². The van der Waals surface area contributed by atoms with Crippen LogP contribution in [0, 0.1) is 6.92 Å². The summed E-state index contributed by atoms with van der Waals surface area (Å²) in [5.74, 6) is 0.679. The van der Waals surface area contributed by atoms with Crippen LogP contribution in [0.4, 0.5) is 0 Å². The quantitative estimate of drug-likeness (QED) is 0.632. The van der Waals surface area contributed by atoms with E-state index in [1.807, 2.05) is 0 Å². The standard InChI is InChI=1S/C9H10O2/c1-7-3-4-8(6-10)5-9(7)11-2/h3-5H,1,6H2,2H3. The van der Waals surface area contributed by atoms with E-state index in [0.717, 1.165) is 11.1 Å². The summed E-state index contributed by atoms with van der Waals surface area (Å²) in [7, 11) is 1.57. The molecule has 0 fully saturated rings. The highest BCUT2D eigenvalue weighted by molar-refractivity contribution is 5.38. The zero-order chi connectivity index (χ0) is 8.27. The van der Waals surface area contributed by atoms with E-state index >= 15 is 0 Å². The minimum Gasteiger partial charge on any atom is -0.496 e. The Hall–Kier alpha value is -1.02. The van der Waals surface area contributed by atoms with Gasteiger partial charge in [-0.05, 0) is 24.1 Å². The highest BCUT2D eigenvalue weighted by atomic mass is 16.5. The smallest absolute Gasteiger partial charge is 0.122 e. The Morgan fingerprint density at radius 3 is 2.82 bits per heavy atom. The number of hydrogen-bond donors (Lipinski definition) is 0. The molecular formula is C9H10O2. The normalized spacial score (nSPS) is 9.73. The highest BCUT2D eigenvalue weighted by Crippen LogP contribution is 2.18. The van der Waals surface area contributed by atoms with Crippen molar-refractivity contribution < 1.29 is 9.84 Å². The molecule has 58 valence electrons. The van der Waals surface area contributed by atoms with Crippen LogP contribution in [0.25, 0.3) is 0 Å². The molecule has 1 aromatic rings. The van der Waals surface area contributed by atoms with Crippen molar-refractivity contribution in [2.24, 2.45) is 0 Å². The largest absolute Gasteiger partial charge is 0.496 e. The van der Waals surface area contributed by atoms with Crippen LogP contribution < -0.4 is 4.74 Å². The zero-order valence-corrected chi connectivity index (χ0v) is 6.46. The Bertz CT molecular complexity index is 243. The molecule has 2 radical (unpaired) electrons. The van der Waals surface area contributed by atoms with Gasteiger partial charge < -0.3 is 4.74 Å². The maximum atomic E-state index is 10.4. The second kappa shape index (κ2) is 3.39. The molecular weight excluding hydrogens is 140 g/mol. The van der Waals surface area contributed by atoms with Crippen molar-refractivity contribution >= 4 is 0 Å². The first-order valence-corrected chi connectivity index (χ1v) is 3.35. The molecule has 0 aliphatic rings. The van der Waals surface area contributed by atoms with Gasteiger partial charge in [-0.3, -0.25) is 0 Å². The molecule has 2 nitrogen and oxygen atoms in total. The summed E-state index contributed by atoms with van der Waals surface area (Å²) in [6, 6.07) is 5.26. The van der Waals surface area contributed by atoms with Crippen LogP contribution in [-0.2, 0) is 11.7 Å². The first-order valence-electron chi connectivity index (χ1n) is 3.35. The van der Waals surface area contributed by atoms with Crippen LogP contribution in [0.15, 0.2) is 18.2 Å². The number of hydrogen-bond acceptors (Lipinski definition) is 1. The third-order valence-electron chi connectivity index (χ3n) is 1.52. The molecule has 11 heavy (non-hydrogen) atoms. The predicted molar refractivity (Wildman–Crippen MR) is 41.8 cm³/mol. The summed E-state index contributed by atoms with van der Waals surface area (Å²) in [5.41, 5.74) is 1.54. The van der Waals surface area contributed by atoms with Crippen LogP contribution in [0.5, 0.6) is 5.75 Å². The maximum Gasteiger partial charge on any atom is 0.122 e. The molecule has 0 N–H and O–H groups in total. The van der Waals surface area contributed by atoms with Crippen molar-refractivity contribution in [2.75, 3.05) is 7.11 Å². The van der Waals surface area contributed by atoms with Gasteiger partial charge in [0.15, 0.2) is 0 Å². The molecule has 1 rings (SSSR count). The Kier molecular flexibility index (Phi) is 2.49. The second-order valence-electron chi connectivity index (χ2n) is 2.29. The van der Waals surface area contributed by atoms with E-state index in [0.29, 0.717) is 5.75 Å². The lowest BCUT2D eigenvalue weighted by Gasteiger charge is -2.04. The van der Waals surface area contributed by atoms with Gasteiger partial charge in [0, 0.05) is 0 Å². The number of methoxy groups -OCH3 is 1. The average Bonchev–Trinajstić information content (AvgIpc) is 2.05. The number of benzene rings is 1. The van der Waals surface area contributed by atoms with Gasteiger partial charge in [0.1, 0.15) is 12.4 Å². The molecule has 0 aromatic heterocycles. The van der Waals surface area contributed by atoms with Gasteiger partial charge >= 0.3 is 0 Å². The number of rotatable bonds is 2. The molecule has 0 atom stereocenters. The monoisotopic (exact) mass is 150 g/mol. The Labute approximate surface area is 66.4 Å². The molecule has 1 aromatic carbocycles. The van der Waals surface area contributed by atoms with E-state index in [-0.39, 0.29) is 6.61 Å². The first-order chi connectivity index (χ1) is 5.27. The summed E-state index contributed by atoms with van der Waals surface area (Å²) < 4.78 is 4.99. The zero-order valence-electron chi connectivity index (χ0n) is 6.46. The lowest BCUT2D eigenvalue weighted by atomic mass is 10.1. The van der Waals surface area contributed by atoms with Crippen LogP contribution in [0.2, 0.25) is 0 Å². The molecule has 0 aliphatic heterocycles. The number of ether oxygens (including phenoxy) is 1. The first kappa shape index (κ1) is 8.08. The Balaban J connectivity index is 3.02. The van der Waals surface area contributed by atoms with E-state index in [9.17, 15) is 5.11 Å². The van der Waals surface area contributed by atoms with E-state index in [1.165, 1.54) is 0 Å². The fourth-order valence-electron chi connectivity index (χ4n) is 0.879. The van der Waals surface area contributed by atoms with Crippen molar-refractivity contribution in [2.45, 2.75) is 6.61 Å². The summed E-state index contributed by atoms with van der Waals surface area (Å²) in [6.45, 7) is 3.53. The van der Waals surface area contributed by atoms with Gasteiger partial charge in [0.25, 0.3) is 0 Å². The summed E-state index contributed by atoms with van der Waals surface area (Å²) in [5, 5.41) is 10.4. The van der Waals surface area contributed by atoms with Crippen molar-refractivity contribution in [1.82, 2.24) is 0 Å². The van der Waals surface area contributed by atoms with Gasteiger partial charge in [-0.25, -0.2) is 5.11 Å². The van der Waals surface area contributed by atoms with Gasteiger partial charge in [-0.15, -0.1) is 0 Å². The lowest BCUT2D eigenvalue weighted by molar-refractivity contribution is 0.177. The second-order valence-corrected chi connectivity index (χ2v) is 2.29. The van der Waals surface area contributed by atoms with Crippen LogP contribution in [0.1, 0.15) is 11.1 Å². The minimum atomic E-state index is -0.212. The Morgan fingerprint density at radius 2 is 2.27 bits per heavy atom. The molecule has 0 saturated heterocycles. The van der Waals surface area contributed by atoms with Crippen molar-refractivity contribution in [3.63, 3.8) is 0 Å². The highest BCUT2D eigenvalue weighted by Gasteiger charge is 1.98. The fraction of sp³-hybridized carbons (Fsp3) is 0.222. The Morgan fingerprint density at radius 1 is 1.55 bits per heavy atom. The van der Waals surface area contributed by atoms with E-state index in [1.54, 1.807) is 25.3 Å². The molecule has 0 spiro atoms. The minimum absolute atomic E-state index is 0.212. The van der Waals surface area contributed by atoms with Gasteiger partial charge in [-0.1, -0.05) is 12.1 Å². The van der Waals surface area contributed by atoms with Crippen molar-refractivity contribution in [3.05, 3.63) is 36.2 Å². The molecule has 0 bridgehead atoms. The van der Waals surface area contributed by atoms with Gasteiger partial charge in [0.05, 0.1) is 7.11 Å². The molecule has 0 saturated carbocycles. The molecule has 0 unspecified atom stereocenters. The third kappa shape index (κ3) is 1.71. The fourth-order valence-corrected chi connectivity index (χ4v) is 0.879. The SMILES string of the molecule is [CH2]c1ccc(C[O])cc1OC. The average molecular weight is 150 g/mol. The molecule has 0 heterocycles. The van der Waals surface area contributed by atoms with Crippen molar-refractivity contribution in [1.29, 1.82) is 0 Å². The van der Waals surface area contributed by atoms with Crippen LogP contribution in [0.3, 0.4) is 0 Å². The maximum absolute atomic E-state index is 10.4. The van der Waals surface area contributed by atoms with Crippen LogP contribution >= 0.6 is 0 Å². The van der Waals surface area contributed by atoms with Crippen LogP contribution in [-0.4, -0.2) is 7.11 Å². The van der Waals surface area contributed by atoms with E-state index in [4.69, 9.17) is 4.74 Å². The van der Waals surface area contributed by atoms with Crippen molar-refractivity contribution in [3.8, 4) is 5.75 Å².